The van der Waals surface area contributed by atoms with E-state index in [9.17, 15) is 18.4 Å². The van der Waals surface area contributed by atoms with E-state index in [-0.39, 0.29) is 37.2 Å². The van der Waals surface area contributed by atoms with Crippen molar-refractivity contribution in [1.82, 2.24) is 5.32 Å². The van der Waals surface area contributed by atoms with Crippen molar-refractivity contribution in [2.45, 2.75) is 39.1 Å². The van der Waals surface area contributed by atoms with Crippen LogP contribution in [0.4, 0.5) is 8.78 Å². The topological polar surface area (TPSA) is 113 Å². The fourth-order valence-electron chi connectivity index (χ4n) is 5.10. The van der Waals surface area contributed by atoms with Crippen molar-refractivity contribution in [3.8, 4) is 16.9 Å². The molecule has 1 heterocycles. The van der Waals surface area contributed by atoms with Gasteiger partial charge in [0.25, 0.3) is 5.91 Å². The molecular weight excluding hydrogens is 594 g/mol. The number of hydrogen-bond acceptors (Lipinski definition) is 7. The standard InChI is InChI=1S/C36H34F2N2O6/c1-22(20-43-2)45-34(41)16-26-7-3-4-9-33(26)44-21-24-13-27-15-29(19-40-36(42)30-11-10-28(37)17-32(30)38)46-35(27)31(14-24)25-8-5-6-23(12-25)18-39/h3-15,17,22H,16,18-21,39H2,1-2H3,(H,40,42). The van der Waals surface area contributed by atoms with E-state index < -0.39 is 17.5 Å². The highest BCUT2D eigenvalue weighted by molar-refractivity contribution is 5.95. The molecule has 8 nitrogen and oxygen atoms in total. The van der Waals surface area contributed by atoms with Gasteiger partial charge in [0.2, 0.25) is 0 Å². The SMILES string of the molecule is COCC(C)OC(=O)Cc1ccccc1OCc1cc(-c2cccc(CN)c2)c2oc(CNC(=O)c3ccc(F)cc3F)cc2c1. The van der Waals surface area contributed by atoms with Gasteiger partial charge in [0.05, 0.1) is 25.1 Å². The molecule has 4 aromatic carbocycles. The van der Waals surface area contributed by atoms with Crippen LogP contribution in [0.1, 0.15) is 39.7 Å². The zero-order valence-corrected chi connectivity index (χ0v) is 25.5. The summed E-state index contributed by atoms with van der Waals surface area (Å²) in [6.07, 6.45) is -0.329. The van der Waals surface area contributed by atoms with Crippen molar-refractivity contribution in [2.24, 2.45) is 5.73 Å². The molecule has 5 rings (SSSR count). The molecule has 0 spiro atoms. The van der Waals surface area contributed by atoms with Crippen LogP contribution in [0.3, 0.4) is 0 Å². The fraction of sp³-hybridized carbons (Fsp3) is 0.222. The molecule has 0 saturated heterocycles. The highest BCUT2D eigenvalue weighted by Crippen LogP contribution is 2.34. The lowest BCUT2D eigenvalue weighted by Crippen LogP contribution is -2.23. The minimum Gasteiger partial charge on any atom is -0.489 e. The van der Waals surface area contributed by atoms with Gasteiger partial charge in [-0.1, -0.05) is 36.4 Å². The van der Waals surface area contributed by atoms with Crippen LogP contribution in [0.15, 0.2) is 89.3 Å². The quantitative estimate of drug-likeness (QED) is 0.144. The number of fused-ring (bicyclic) bond motifs is 1. The van der Waals surface area contributed by atoms with Crippen molar-refractivity contribution >= 4 is 22.8 Å². The highest BCUT2D eigenvalue weighted by Gasteiger charge is 2.17. The molecule has 46 heavy (non-hydrogen) atoms. The smallest absolute Gasteiger partial charge is 0.310 e. The molecular formula is C36H34F2N2O6. The number of ether oxygens (including phenoxy) is 3. The molecule has 1 aromatic heterocycles. The minimum absolute atomic E-state index is 0.0229. The molecule has 0 saturated carbocycles. The molecule has 238 valence electrons. The fourth-order valence-corrected chi connectivity index (χ4v) is 5.10. The van der Waals surface area contributed by atoms with Crippen molar-refractivity contribution in [3.05, 3.63) is 125 Å². The first-order valence-corrected chi connectivity index (χ1v) is 14.7. The van der Waals surface area contributed by atoms with Gasteiger partial charge in [0, 0.05) is 36.2 Å². The molecule has 0 aliphatic rings. The van der Waals surface area contributed by atoms with E-state index in [2.05, 4.69) is 5.32 Å². The molecule has 5 aromatic rings. The van der Waals surface area contributed by atoms with Crippen LogP contribution < -0.4 is 15.8 Å². The predicted octanol–water partition coefficient (Wildman–Crippen LogP) is 6.47. The maximum Gasteiger partial charge on any atom is 0.310 e. The first-order chi connectivity index (χ1) is 22.2. The van der Waals surface area contributed by atoms with E-state index in [4.69, 9.17) is 24.4 Å². The summed E-state index contributed by atoms with van der Waals surface area (Å²) in [6.45, 7) is 2.59. The van der Waals surface area contributed by atoms with Crippen molar-refractivity contribution in [1.29, 1.82) is 0 Å². The van der Waals surface area contributed by atoms with Crippen LogP contribution in [-0.2, 0) is 40.4 Å². The van der Waals surface area contributed by atoms with Gasteiger partial charge in [-0.2, -0.15) is 0 Å². The average Bonchev–Trinajstić information content (AvgIpc) is 3.46. The maximum absolute atomic E-state index is 14.1. The van der Waals surface area contributed by atoms with E-state index in [0.29, 0.717) is 41.9 Å². The van der Waals surface area contributed by atoms with Gasteiger partial charge in [0.1, 0.15) is 41.4 Å². The number of benzene rings is 4. The lowest BCUT2D eigenvalue weighted by Gasteiger charge is -2.15. The number of esters is 1. The van der Waals surface area contributed by atoms with Gasteiger partial charge in [-0.05, 0) is 66.1 Å². The van der Waals surface area contributed by atoms with E-state index in [1.54, 1.807) is 26.2 Å². The number of nitrogens with one attached hydrogen (secondary N) is 1. The molecule has 1 unspecified atom stereocenters. The highest BCUT2D eigenvalue weighted by atomic mass is 19.1. The van der Waals surface area contributed by atoms with Crippen LogP contribution in [0.5, 0.6) is 5.75 Å². The van der Waals surface area contributed by atoms with Gasteiger partial charge in [-0.25, -0.2) is 8.78 Å². The number of halogens is 2. The number of para-hydroxylation sites is 1. The monoisotopic (exact) mass is 628 g/mol. The largest absolute Gasteiger partial charge is 0.489 e. The molecule has 0 radical (unpaired) electrons. The Bertz CT molecular complexity index is 1850. The number of hydrogen-bond donors (Lipinski definition) is 2. The molecule has 10 heteroatoms. The number of carbonyl (C=O) groups is 2. The van der Waals surface area contributed by atoms with E-state index in [1.807, 2.05) is 54.6 Å². The molecule has 0 aliphatic heterocycles. The first-order valence-electron chi connectivity index (χ1n) is 14.7. The Morgan fingerprint density at radius 3 is 2.57 bits per heavy atom. The number of methoxy groups -OCH3 is 1. The van der Waals surface area contributed by atoms with Gasteiger partial charge >= 0.3 is 5.97 Å². The minimum atomic E-state index is -0.951. The number of carbonyl (C=O) groups excluding carboxylic acids is 2. The Balaban J connectivity index is 1.40. The Hall–Kier alpha value is -5.06. The zero-order chi connectivity index (χ0) is 32.6. The van der Waals surface area contributed by atoms with E-state index in [1.165, 1.54) is 0 Å². The molecule has 0 fully saturated rings. The Morgan fingerprint density at radius 1 is 0.957 bits per heavy atom. The third-order valence-corrected chi connectivity index (χ3v) is 7.24. The normalized spacial score (nSPS) is 11.8. The summed E-state index contributed by atoms with van der Waals surface area (Å²) >= 11 is 0. The Morgan fingerprint density at radius 2 is 1.78 bits per heavy atom. The Labute approximate surface area is 265 Å². The summed E-state index contributed by atoms with van der Waals surface area (Å²) in [7, 11) is 1.55. The number of furan rings is 1. The molecule has 3 N–H and O–H groups in total. The van der Waals surface area contributed by atoms with Gasteiger partial charge in [-0.3, -0.25) is 9.59 Å². The van der Waals surface area contributed by atoms with Crippen LogP contribution in [0.25, 0.3) is 22.1 Å². The first kappa shape index (κ1) is 32.3. The lowest BCUT2D eigenvalue weighted by atomic mass is 9.99. The third-order valence-electron chi connectivity index (χ3n) is 7.24. The van der Waals surface area contributed by atoms with E-state index >= 15 is 0 Å². The summed E-state index contributed by atoms with van der Waals surface area (Å²) < 4.78 is 50.3. The van der Waals surface area contributed by atoms with Crippen molar-refractivity contribution < 1.29 is 37.0 Å². The summed E-state index contributed by atoms with van der Waals surface area (Å²) in [5.74, 6) is -1.81. The van der Waals surface area contributed by atoms with Crippen molar-refractivity contribution in [2.75, 3.05) is 13.7 Å². The van der Waals surface area contributed by atoms with Crippen LogP contribution in [-0.4, -0.2) is 31.7 Å². The zero-order valence-electron chi connectivity index (χ0n) is 25.5. The second kappa shape index (κ2) is 14.8. The van der Waals surface area contributed by atoms with Gasteiger partial charge in [-0.15, -0.1) is 0 Å². The average molecular weight is 629 g/mol. The summed E-state index contributed by atoms with van der Waals surface area (Å²) in [5, 5.41) is 3.39. The van der Waals surface area contributed by atoms with Crippen molar-refractivity contribution in [3.63, 3.8) is 0 Å². The molecule has 0 aliphatic carbocycles. The predicted molar refractivity (Wildman–Crippen MR) is 169 cm³/mol. The Kier molecular flexibility index (Phi) is 10.4. The second-order valence-corrected chi connectivity index (χ2v) is 10.8. The summed E-state index contributed by atoms with van der Waals surface area (Å²) in [5.41, 5.74) is 10.3. The number of rotatable bonds is 13. The molecule has 1 atom stereocenters. The second-order valence-electron chi connectivity index (χ2n) is 10.8. The maximum atomic E-state index is 14.1. The van der Waals surface area contributed by atoms with Gasteiger partial charge in [0.15, 0.2) is 0 Å². The third kappa shape index (κ3) is 7.96. The van der Waals surface area contributed by atoms with Crippen LogP contribution in [0.2, 0.25) is 0 Å². The van der Waals surface area contributed by atoms with E-state index in [0.717, 1.165) is 39.8 Å². The lowest BCUT2D eigenvalue weighted by molar-refractivity contribution is -0.149. The van der Waals surface area contributed by atoms with Crippen LogP contribution >= 0.6 is 0 Å². The molecule has 1 amide bonds. The summed E-state index contributed by atoms with van der Waals surface area (Å²) in [6, 6.07) is 23.5. The molecule has 0 bridgehead atoms. The number of nitrogens with two attached hydrogens (primary N) is 1. The summed E-state index contributed by atoms with van der Waals surface area (Å²) in [4.78, 5) is 25.1. The van der Waals surface area contributed by atoms with Gasteiger partial charge < -0.3 is 29.7 Å². The van der Waals surface area contributed by atoms with Crippen LogP contribution in [0, 0.1) is 11.6 Å². The number of amides is 1.